The monoisotopic (exact) mass is 417 g/mol. The predicted molar refractivity (Wildman–Crippen MR) is 91.4 cm³/mol. The first kappa shape index (κ1) is 21.2. The topological polar surface area (TPSA) is 114 Å². The van der Waals surface area contributed by atoms with Crippen LogP contribution in [0.25, 0.3) is 0 Å². The second-order valence-electron chi connectivity index (χ2n) is 5.25. The van der Waals surface area contributed by atoms with E-state index in [0.29, 0.717) is 0 Å². The third-order valence-corrected chi connectivity index (χ3v) is 4.76. The number of hydrogen-bond donors (Lipinski definition) is 2. The Morgan fingerprint density at radius 3 is 2.54 bits per heavy atom. The standard InChI is InChI=1S/C16H14F3N3O5S/c1-20-13(23)9-27-11-5-2-4-10(8-11)22-14(24)12-6-3-7-21-15(12)28(25,26)16(17,18)19/h2-8H,9H2,1H3,(H,20,23)(H,22,24). The van der Waals surface area contributed by atoms with Crippen LogP contribution in [0, 0.1) is 0 Å². The van der Waals surface area contributed by atoms with Crippen molar-refractivity contribution < 1.29 is 35.9 Å². The van der Waals surface area contributed by atoms with Crippen molar-refractivity contribution in [3.05, 3.63) is 48.2 Å². The van der Waals surface area contributed by atoms with Gasteiger partial charge >= 0.3 is 5.51 Å². The Hall–Kier alpha value is -3.15. The molecular weight excluding hydrogens is 403 g/mol. The van der Waals surface area contributed by atoms with Crippen molar-refractivity contribution in [3.8, 4) is 5.75 Å². The lowest BCUT2D eigenvalue weighted by Crippen LogP contribution is -2.27. The summed E-state index contributed by atoms with van der Waals surface area (Å²) in [5.41, 5.74) is -6.26. The Bertz CT molecular complexity index is 993. The Morgan fingerprint density at radius 2 is 1.89 bits per heavy atom. The molecule has 150 valence electrons. The molecule has 0 fully saturated rings. The molecule has 28 heavy (non-hydrogen) atoms. The smallest absolute Gasteiger partial charge is 0.484 e. The molecule has 0 aliphatic rings. The molecule has 2 N–H and O–H groups in total. The number of amides is 2. The average molecular weight is 417 g/mol. The van der Waals surface area contributed by atoms with Crippen LogP contribution in [0.2, 0.25) is 0 Å². The lowest BCUT2D eigenvalue weighted by molar-refractivity contribution is -0.122. The molecule has 1 aromatic carbocycles. The van der Waals surface area contributed by atoms with Gasteiger partial charge in [0.05, 0.1) is 5.56 Å². The number of alkyl halides is 3. The molecule has 0 aliphatic carbocycles. The Balaban J connectivity index is 2.27. The van der Waals surface area contributed by atoms with Crippen LogP contribution in [-0.4, -0.2) is 44.4 Å². The fraction of sp³-hybridized carbons (Fsp3) is 0.188. The summed E-state index contributed by atoms with van der Waals surface area (Å²) in [7, 11) is -4.40. The summed E-state index contributed by atoms with van der Waals surface area (Å²) in [6.07, 6.45) is 0.836. The van der Waals surface area contributed by atoms with E-state index in [1.54, 1.807) is 0 Å². The number of pyridine rings is 1. The highest BCUT2D eigenvalue weighted by Crippen LogP contribution is 2.31. The molecule has 0 atom stereocenters. The van der Waals surface area contributed by atoms with Crippen LogP contribution in [0.15, 0.2) is 47.6 Å². The first-order chi connectivity index (χ1) is 13.1. The number of nitrogens with one attached hydrogen (secondary N) is 2. The lowest BCUT2D eigenvalue weighted by atomic mass is 10.2. The van der Waals surface area contributed by atoms with Crippen molar-refractivity contribution in [2.75, 3.05) is 19.0 Å². The van der Waals surface area contributed by atoms with E-state index in [-0.39, 0.29) is 18.0 Å². The van der Waals surface area contributed by atoms with Gasteiger partial charge in [0.15, 0.2) is 11.6 Å². The fourth-order valence-corrected chi connectivity index (χ4v) is 2.84. The molecule has 0 saturated carbocycles. The highest BCUT2D eigenvalue weighted by molar-refractivity contribution is 7.92. The number of rotatable bonds is 6. The normalized spacial score (nSPS) is 11.6. The second kappa shape index (κ2) is 8.25. The van der Waals surface area contributed by atoms with Gasteiger partial charge in [-0.25, -0.2) is 13.4 Å². The molecule has 2 aromatic rings. The largest absolute Gasteiger partial charge is 0.503 e. The van der Waals surface area contributed by atoms with E-state index < -0.39 is 37.7 Å². The number of sulfone groups is 1. The number of carbonyl (C=O) groups is 2. The Labute approximate surface area is 157 Å². The van der Waals surface area contributed by atoms with Crippen molar-refractivity contribution in [2.24, 2.45) is 0 Å². The first-order valence-electron chi connectivity index (χ1n) is 7.57. The second-order valence-corrected chi connectivity index (χ2v) is 7.11. The van der Waals surface area contributed by atoms with Gasteiger partial charge in [-0.1, -0.05) is 6.07 Å². The van der Waals surface area contributed by atoms with Gasteiger partial charge in [0, 0.05) is 25.0 Å². The minimum absolute atomic E-state index is 0.110. The summed E-state index contributed by atoms with van der Waals surface area (Å²) < 4.78 is 66.9. The molecule has 0 aliphatic heterocycles. The summed E-state index contributed by atoms with van der Waals surface area (Å²) in [6.45, 7) is -0.287. The molecule has 0 unspecified atom stereocenters. The number of nitrogens with zero attached hydrogens (tertiary/aromatic N) is 1. The number of carbonyl (C=O) groups excluding carboxylic acids is 2. The van der Waals surface area contributed by atoms with Gasteiger partial charge in [-0.05, 0) is 24.3 Å². The molecule has 12 heteroatoms. The number of likely N-dealkylation sites (N-methyl/N-ethyl adjacent to an activating group) is 1. The molecule has 2 rings (SSSR count). The third-order valence-electron chi connectivity index (χ3n) is 3.32. The lowest BCUT2D eigenvalue weighted by Gasteiger charge is -2.12. The van der Waals surface area contributed by atoms with Crippen molar-refractivity contribution in [1.82, 2.24) is 10.3 Å². The highest BCUT2D eigenvalue weighted by Gasteiger charge is 2.49. The molecule has 0 bridgehead atoms. The van der Waals surface area contributed by atoms with E-state index >= 15 is 0 Å². The van der Waals surface area contributed by atoms with Crippen LogP contribution in [-0.2, 0) is 14.6 Å². The Morgan fingerprint density at radius 1 is 1.18 bits per heavy atom. The minimum atomic E-state index is -5.81. The quantitative estimate of drug-likeness (QED) is 0.740. The van der Waals surface area contributed by atoms with Gasteiger partial charge < -0.3 is 15.4 Å². The zero-order valence-electron chi connectivity index (χ0n) is 14.3. The van der Waals surface area contributed by atoms with Crippen molar-refractivity contribution in [1.29, 1.82) is 0 Å². The molecule has 8 nitrogen and oxygen atoms in total. The van der Waals surface area contributed by atoms with Crippen LogP contribution in [0.5, 0.6) is 5.75 Å². The zero-order valence-corrected chi connectivity index (χ0v) is 15.1. The average Bonchev–Trinajstić information content (AvgIpc) is 2.65. The third kappa shape index (κ3) is 4.76. The van der Waals surface area contributed by atoms with E-state index in [4.69, 9.17) is 4.74 Å². The van der Waals surface area contributed by atoms with E-state index in [9.17, 15) is 31.2 Å². The minimum Gasteiger partial charge on any atom is -0.484 e. The van der Waals surface area contributed by atoms with Crippen molar-refractivity contribution in [3.63, 3.8) is 0 Å². The summed E-state index contributed by atoms with van der Waals surface area (Å²) in [5.74, 6) is -1.30. The molecule has 0 saturated heterocycles. The van der Waals surface area contributed by atoms with Crippen LogP contribution in [0.4, 0.5) is 18.9 Å². The van der Waals surface area contributed by atoms with Gasteiger partial charge in [-0.3, -0.25) is 9.59 Å². The first-order valence-corrected chi connectivity index (χ1v) is 9.05. The van der Waals surface area contributed by atoms with Crippen molar-refractivity contribution in [2.45, 2.75) is 10.5 Å². The van der Waals surface area contributed by atoms with Crippen LogP contribution in [0.1, 0.15) is 10.4 Å². The highest BCUT2D eigenvalue weighted by atomic mass is 32.2. The number of anilines is 1. The zero-order chi connectivity index (χ0) is 20.9. The molecule has 1 aromatic heterocycles. The molecular formula is C16H14F3N3O5S. The maximum atomic E-state index is 12.8. The van der Waals surface area contributed by atoms with Crippen molar-refractivity contribution >= 4 is 27.3 Å². The number of aromatic nitrogens is 1. The van der Waals surface area contributed by atoms with Gasteiger partial charge in [-0.15, -0.1) is 0 Å². The Kier molecular flexibility index (Phi) is 6.23. The summed E-state index contributed by atoms with van der Waals surface area (Å²) in [4.78, 5) is 26.7. The molecule has 0 radical (unpaired) electrons. The van der Waals surface area contributed by atoms with E-state index in [2.05, 4.69) is 15.6 Å². The van der Waals surface area contributed by atoms with Gasteiger partial charge in [0.25, 0.3) is 21.7 Å². The van der Waals surface area contributed by atoms with Crippen LogP contribution in [0.3, 0.4) is 0 Å². The van der Waals surface area contributed by atoms with E-state index in [1.807, 2.05) is 0 Å². The number of ether oxygens (including phenoxy) is 1. The number of hydrogen-bond acceptors (Lipinski definition) is 6. The molecule has 0 spiro atoms. The molecule has 1 heterocycles. The predicted octanol–water partition coefficient (Wildman–Crippen LogP) is 1.75. The summed E-state index contributed by atoms with van der Waals surface area (Å²) in [5, 5.41) is 3.22. The SMILES string of the molecule is CNC(=O)COc1cccc(NC(=O)c2cccnc2S(=O)(=O)C(F)(F)F)c1. The maximum Gasteiger partial charge on any atom is 0.503 e. The molecule has 2 amide bonds. The van der Waals surface area contributed by atoms with Gasteiger partial charge in [0.2, 0.25) is 0 Å². The van der Waals surface area contributed by atoms with Crippen LogP contribution < -0.4 is 15.4 Å². The maximum absolute atomic E-state index is 12.8. The van der Waals surface area contributed by atoms with Gasteiger partial charge in [-0.2, -0.15) is 13.2 Å². The summed E-state index contributed by atoms with van der Waals surface area (Å²) in [6, 6.07) is 7.71. The van der Waals surface area contributed by atoms with Gasteiger partial charge in [0.1, 0.15) is 5.75 Å². The van der Waals surface area contributed by atoms with E-state index in [0.717, 1.165) is 18.3 Å². The number of benzene rings is 1. The van der Waals surface area contributed by atoms with Crippen LogP contribution >= 0.6 is 0 Å². The summed E-state index contributed by atoms with van der Waals surface area (Å²) >= 11 is 0. The van der Waals surface area contributed by atoms with E-state index in [1.165, 1.54) is 31.3 Å². The fourth-order valence-electron chi connectivity index (χ4n) is 1.97. The number of halogens is 3.